The van der Waals surface area contributed by atoms with E-state index in [1.165, 1.54) is 12.1 Å². The molecule has 0 saturated carbocycles. The Morgan fingerprint density at radius 3 is 2.31 bits per heavy atom. The second-order valence-electron chi connectivity index (χ2n) is 6.38. The van der Waals surface area contributed by atoms with Gasteiger partial charge in [0.1, 0.15) is 5.82 Å². The highest BCUT2D eigenvalue weighted by molar-refractivity contribution is 7.89. The maximum absolute atomic E-state index is 13.3. The van der Waals surface area contributed by atoms with E-state index in [1.807, 2.05) is 6.92 Å². The predicted octanol–water partition coefficient (Wildman–Crippen LogP) is 2.49. The second kappa shape index (κ2) is 8.26. The van der Waals surface area contributed by atoms with Gasteiger partial charge in [0.2, 0.25) is 10.0 Å². The monoisotopic (exact) mass is 378 g/mol. The number of morpholine rings is 1. The minimum Gasteiger partial charge on any atom is -0.379 e. The van der Waals surface area contributed by atoms with Crippen LogP contribution in [0.15, 0.2) is 53.4 Å². The van der Waals surface area contributed by atoms with Gasteiger partial charge in [-0.1, -0.05) is 29.8 Å². The van der Waals surface area contributed by atoms with Crippen molar-refractivity contribution < 1.29 is 17.5 Å². The zero-order valence-corrected chi connectivity index (χ0v) is 15.5. The number of hydrogen-bond donors (Lipinski definition) is 1. The zero-order chi connectivity index (χ0) is 18.6. The fraction of sp³-hybridized carbons (Fsp3) is 0.368. The minimum atomic E-state index is -3.61. The molecule has 1 aliphatic heterocycles. The smallest absolute Gasteiger partial charge is 0.240 e. The molecule has 140 valence electrons. The molecule has 3 rings (SSSR count). The van der Waals surface area contributed by atoms with Crippen molar-refractivity contribution in [1.29, 1.82) is 0 Å². The van der Waals surface area contributed by atoms with E-state index in [0.717, 1.165) is 11.1 Å². The SMILES string of the molecule is Cc1ccc(S(=O)(=O)NCC(c2ccc(F)cc2)N2CCOCC2)cc1. The van der Waals surface area contributed by atoms with Crippen molar-refractivity contribution in [3.05, 3.63) is 65.5 Å². The summed E-state index contributed by atoms with van der Waals surface area (Å²) in [5, 5.41) is 0. The summed E-state index contributed by atoms with van der Waals surface area (Å²) in [7, 11) is -3.61. The summed E-state index contributed by atoms with van der Waals surface area (Å²) in [6.07, 6.45) is 0. The molecule has 2 aromatic carbocycles. The van der Waals surface area contributed by atoms with E-state index in [4.69, 9.17) is 4.74 Å². The quantitative estimate of drug-likeness (QED) is 0.839. The molecule has 0 radical (unpaired) electrons. The molecule has 1 saturated heterocycles. The van der Waals surface area contributed by atoms with Gasteiger partial charge < -0.3 is 4.74 Å². The summed E-state index contributed by atoms with van der Waals surface area (Å²) in [4.78, 5) is 2.40. The molecular formula is C19H23FN2O3S. The Kier molecular flexibility index (Phi) is 6.03. The second-order valence-corrected chi connectivity index (χ2v) is 8.15. The van der Waals surface area contributed by atoms with Crippen LogP contribution in [0.2, 0.25) is 0 Å². The van der Waals surface area contributed by atoms with Crippen LogP contribution < -0.4 is 4.72 Å². The Hall–Kier alpha value is -1.80. The van der Waals surface area contributed by atoms with Gasteiger partial charge in [-0.25, -0.2) is 17.5 Å². The third kappa shape index (κ3) is 4.67. The van der Waals surface area contributed by atoms with Crippen LogP contribution in [0, 0.1) is 12.7 Å². The lowest BCUT2D eigenvalue weighted by Crippen LogP contribution is -2.43. The minimum absolute atomic E-state index is 0.181. The number of ether oxygens (including phenoxy) is 1. The Morgan fingerprint density at radius 1 is 1.08 bits per heavy atom. The molecule has 1 unspecified atom stereocenters. The molecule has 0 aliphatic carbocycles. The van der Waals surface area contributed by atoms with Gasteiger partial charge in [0.05, 0.1) is 18.1 Å². The van der Waals surface area contributed by atoms with Crippen molar-refractivity contribution in [2.75, 3.05) is 32.8 Å². The van der Waals surface area contributed by atoms with Crippen LogP contribution in [-0.2, 0) is 14.8 Å². The molecule has 26 heavy (non-hydrogen) atoms. The average molecular weight is 378 g/mol. The highest BCUT2D eigenvalue weighted by atomic mass is 32.2. The molecule has 1 fully saturated rings. The van der Waals surface area contributed by atoms with Crippen molar-refractivity contribution in [3.63, 3.8) is 0 Å². The van der Waals surface area contributed by atoms with Gasteiger partial charge in [-0.2, -0.15) is 0 Å². The average Bonchev–Trinajstić information content (AvgIpc) is 2.64. The number of benzene rings is 2. The molecule has 0 bridgehead atoms. The fourth-order valence-corrected chi connectivity index (χ4v) is 4.06. The van der Waals surface area contributed by atoms with Crippen LogP contribution in [-0.4, -0.2) is 46.2 Å². The summed E-state index contributed by atoms with van der Waals surface area (Å²) in [6.45, 7) is 4.72. The van der Waals surface area contributed by atoms with Gasteiger partial charge in [-0.15, -0.1) is 0 Å². The summed E-state index contributed by atoms with van der Waals surface area (Å²) >= 11 is 0. The normalized spacial score (nSPS) is 17.2. The zero-order valence-electron chi connectivity index (χ0n) is 14.7. The first-order valence-corrected chi connectivity index (χ1v) is 10.1. The molecule has 1 atom stereocenters. The molecule has 0 spiro atoms. The number of rotatable bonds is 6. The van der Waals surface area contributed by atoms with E-state index in [1.54, 1.807) is 36.4 Å². The van der Waals surface area contributed by atoms with Crippen molar-refractivity contribution in [1.82, 2.24) is 9.62 Å². The van der Waals surface area contributed by atoms with Crippen molar-refractivity contribution in [2.45, 2.75) is 17.9 Å². The van der Waals surface area contributed by atoms with Crippen molar-refractivity contribution >= 4 is 10.0 Å². The van der Waals surface area contributed by atoms with Crippen LogP contribution in [0.25, 0.3) is 0 Å². The first kappa shape index (κ1) is 19.0. The summed E-state index contributed by atoms with van der Waals surface area (Å²) < 4.78 is 46.6. The lowest BCUT2D eigenvalue weighted by molar-refractivity contribution is 0.0172. The summed E-state index contributed by atoms with van der Waals surface area (Å²) in [6, 6.07) is 12.8. The van der Waals surface area contributed by atoms with Gasteiger partial charge in [-0.3, -0.25) is 4.90 Å². The number of sulfonamides is 1. The predicted molar refractivity (Wildman–Crippen MR) is 97.9 cm³/mol. The van der Waals surface area contributed by atoms with Crippen LogP contribution in [0.5, 0.6) is 0 Å². The molecule has 0 amide bonds. The molecule has 7 heteroatoms. The van der Waals surface area contributed by atoms with E-state index in [2.05, 4.69) is 9.62 Å². The first-order valence-electron chi connectivity index (χ1n) is 8.59. The lowest BCUT2D eigenvalue weighted by atomic mass is 10.0. The number of aryl methyl sites for hydroxylation is 1. The Labute approximate surface area is 153 Å². The highest BCUT2D eigenvalue weighted by Gasteiger charge is 2.25. The topological polar surface area (TPSA) is 58.6 Å². The molecule has 2 aromatic rings. The maximum atomic E-state index is 13.3. The van der Waals surface area contributed by atoms with E-state index in [0.29, 0.717) is 26.3 Å². The van der Waals surface area contributed by atoms with Gasteiger partial charge in [0.25, 0.3) is 0 Å². The van der Waals surface area contributed by atoms with Crippen LogP contribution >= 0.6 is 0 Å². The lowest BCUT2D eigenvalue weighted by Gasteiger charge is -2.34. The highest BCUT2D eigenvalue weighted by Crippen LogP contribution is 2.22. The fourth-order valence-electron chi connectivity index (χ4n) is 3.02. The van der Waals surface area contributed by atoms with Crippen LogP contribution in [0.4, 0.5) is 4.39 Å². The molecule has 5 nitrogen and oxygen atoms in total. The standard InChI is InChI=1S/C19H23FN2O3S/c1-15-2-8-18(9-3-15)26(23,24)21-14-19(22-10-12-25-13-11-22)16-4-6-17(20)7-5-16/h2-9,19,21H,10-14H2,1H3. The number of halogens is 1. The number of nitrogens with one attached hydrogen (secondary N) is 1. The molecule has 1 heterocycles. The molecule has 1 aliphatic rings. The summed E-state index contributed by atoms with van der Waals surface area (Å²) in [5.41, 5.74) is 1.88. The van der Waals surface area contributed by atoms with Crippen molar-refractivity contribution in [2.24, 2.45) is 0 Å². The van der Waals surface area contributed by atoms with E-state index in [9.17, 15) is 12.8 Å². The number of nitrogens with zero attached hydrogens (tertiary/aromatic N) is 1. The van der Waals surface area contributed by atoms with Crippen molar-refractivity contribution in [3.8, 4) is 0 Å². The van der Waals surface area contributed by atoms with Gasteiger partial charge in [0, 0.05) is 25.7 Å². The Bertz CT molecular complexity index is 817. The maximum Gasteiger partial charge on any atom is 0.240 e. The van der Waals surface area contributed by atoms with E-state index < -0.39 is 10.0 Å². The molecular weight excluding hydrogens is 355 g/mol. The van der Waals surface area contributed by atoms with Gasteiger partial charge in [0.15, 0.2) is 0 Å². The third-order valence-corrected chi connectivity index (χ3v) is 5.98. The van der Waals surface area contributed by atoms with Crippen LogP contribution in [0.1, 0.15) is 17.2 Å². The summed E-state index contributed by atoms with van der Waals surface area (Å²) in [5.74, 6) is -0.310. The Morgan fingerprint density at radius 2 is 1.69 bits per heavy atom. The van der Waals surface area contributed by atoms with Crippen LogP contribution in [0.3, 0.4) is 0 Å². The largest absolute Gasteiger partial charge is 0.379 e. The van der Waals surface area contributed by atoms with Gasteiger partial charge >= 0.3 is 0 Å². The van der Waals surface area contributed by atoms with Gasteiger partial charge in [-0.05, 0) is 36.8 Å². The number of hydrogen-bond acceptors (Lipinski definition) is 4. The van der Waals surface area contributed by atoms with E-state index in [-0.39, 0.29) is 23.3 Å². The Balaban J connectivity index is 1.78. The third-order valence-electron chi connectivity index (χ3n) is 4.54. The first-order chi connectivity index (χ1) is 12.5. The van der Waals surface area contributed by atoms with E-state index >= 15 is 0 Å². The molecule has 0 aromatic heterocycles. The molecule has 1 N–H and O–H groups in total.